The van der Waals surface area contributed by atoms with E-state index in [2.05, 4.69) is 51.8 Å². The average molecular weight is 388 g/mol. The molecule has 1 aromatic rings. The van der Waals surface area contributed by atoms with Gasteiger partial charge < -0.3 is 14.8 Å². The predicted molar refractivity (Wildman–Crippen MR) is 112 cm³/mol. The van der Waals surface area contributed by atoms with E-state index in [1.165, 1.54) is 24.8 Å². The van der Waals surface area contributed by atoms with E-state index >= 15 is 0 Å². The molecule has 1 aliphatic heterocycles. The Labute approximate surface area is 169 Å². The monoisotopic (exact) mass is 387 g/mol. The first-order chi connectivity index (χ1) is 13.5. The second-order valence-corrected chi connectivity index (χ2v) is 8.87. The number of allylic oxidation sites excluding steroid dienone is 2. The molecule has 1 unspecified atom stereocenters. The van der Waals surface area contributed by atoms with Crippen LogP contribution in [0.4, 0.5) is 0 Å². The summed E-state index contributed by atoms with van der Waals surface area (Å²) in [6.07, 6.45) is 9.80. The lowest BCUT2D eigenvalue weighted by molar-refractivity contribution is -0.127. The van der Waals surface area contributed by atoms with Gasteiger partial charge in [0, 0.05) is 51.5 Å². The van der Waals surface area contributed by atoms with Crippen LogP contribution in [0.2, 0.25) is 0 Å². The number of aromatic nitrogens is 3. The van der Waals surface area contributed by atoms with Crippen LogP contribution in [0.25, 0.3) is 0 Å². The summed E-state index contributed by atoms with van der Waals surface area (Å²) < 4.78 is 2.28. The van der Waals surface area contributed by atoms with Crippen LogP contribution in [-0.2, 0) is 24.2 Å². The normalized spacial score (nSPS) is 18.7. The van der Waals surface area contributed by atoms with Gasteiger partial charge in [-0.3, -0.25) is 4.79 Å². The lowest BCUT2D eigenvalue weighted by Gasteiger charge is -2.24. The molecule has 0 aromatic carbocycles. The van der Waals surface area contributed by atoms with Crippen LogP contribution in [-0.4, -0.2) is 51.8 Å². The van der Waals surface area contributed by atoms with Crippen molar-refractivity contribution < 1.29 is 4.79 Å². The van der Waals surface area contributed by atoms with E-state index in [9.17, 15) is 4.79 Å². The second-order valence-electron chi connectivity index (χ2n) is 8.87. The molecular formula is C22H37N5O. The molecule has 0 bridgehead atoms. The van der Waals surface area contributed by atoms with Crippen molar-refractivity contribution in [2.45, 2.75) is 72.3 Å². The molecular weight excluding hydrogens is 350 g/mol. The zero-order chi connectivity index (χ0) is 19.9. The fourth-order valence-corrected chi connectivity index (χ4v) is 4.10. The Morgan fingerprint density at radius 3 is 2.79 bits per heavy atom. The minimum absolute atomic E-state index is 0.218. The molecule has 0 saturated heterocycles. The Hall–Kier alpha value is -1.69. The van der Waals surface area contributed by atoms with Crippen molar-refractivity contribution in [3.05, 3.63) is 23.3 Å². The van der Waals surface area contributed by atoms with Gasteiger partial charge >= 0.3 is 0 Å². The van der Waals surface area contributed by atoms with Gasteiger partial charge in [0.15, 0.2) is 0 Å². The maximum absolute atomic E-state index is 12.0. The summed E-state index contributed by atoms with van der Waals surface area (Å²) in [6.45, 7) is 11.6. The predicted octanol–water partition coefficient (Wildman–Crippen LogP) is 2.98. The van der Waals surface area contributed by atoms with Gasteiger partial charge in [-0.15, -0.1) is 10.2 Å². The highest BCUT2D eigenvalue weighted by atomic mass is 16.1. The number of carbonyl (C=O) groups is 1. The Morgan fingerprint density at radius 1 is 1.25 bits per heavy atom. The van der Waals surface area contributed by atoms with Crippen molar-refractivity contribution in [3.63, 3.8) is 0 Å². The molecule has 1 aliphatic carbocycles. The lowest BCUT2D eigenvalue weighted by atomic mass is 9.85. The minimum Gasteiger partial charge on any atom is -0.355 e. The minimum atomic E-state index is 0.218. The molecule has 6 heteroatoms. The molecule has 1 saturated carbocycles. The number of nitrogens with zero attached hydrogens (tertiary/aromatic N) is 4. The largest absolute Gasteiger partial charge is 0.355 e. The van der Waals surface area contributed by atoms with Crippen LogP contribution in [0, 0.1) is 11.8 Å². The van der Waals surface area contributed by atoms with Gasteiger partial charge in [0.25, 0.3) is 0 Å². The molecule has 0 radical (unpaired) electrons. The Bertz CT molecular complexity index is 672. The standard InChI is InChI=1S/C22H37N5O/c1-17(2)6-4-7-18(3)16-26-13-11-21-25-24-20(27(21)15-14-26)10-12-23-22(28)19-8-5-9-19/h6,18-19H,4-5,7-16H2,1-3H3,(H,23,28). The van der Waals surface area contributed by atoms with E-state index in [0.717, 1.165) is 63.5 Å². The first kappa shape index (κ1) is 21.0. The molecule has 0 spiro atoms. The number of carbonyl (C=O) groups excluding carboxylic acids is 1. The highest BCUT2D eigenvalue weighted by Crippen LogP contribution is 2.26. The third-order valence-corrected chi connectivity index (χ3v) is 6.10. The summed E-state index contributed by atoms with van der Waals surface area (Å²) in [5, 5.41) is 11.9. The van der Waals surface area contributed by atoms with Gasteiger partial charge in [-0.1, -0.05) is 25.0 Å². The van der Waals surface area contributed by atoms with Crippen LogP contribution in [0.1, 0.15) is 64.5 Å². The fourth-order valence-electron chi connectivity index (χ4n) is 4.10. The molecule has 156 valence electrons. The van der Waals surface area contributed by atoms with Crippen molar-refractivity contribution in [1.29, 1.82) is 0 Å². The topological polar surface area (TPSA) is 63.1 Å². The van der Waals surface area contributed by atoms with E-state index in [4.69, 9.17) is 0 Å². The van der Waals surface area contributed by atoms with Gasteiger partial charge in [0.05, 0.1) is 0 Å². The first-order valence-corrected chi connectivity index (χ1v) is 11.1. The number of amides is 1. The van der Waals surface area contributed by atoms with Gasteiger partial charge in [-0.05, 0) is 45.4 Å². The lowest BCUT2D eigenvalue weighted by Crippen LogP contribution is -2.35. The zero-order valence-corrected chi connectivity index (χ0v) is 17.9. The van der Waals surface area contributed by atoms with Crippen molar-refractivity contribution in [2.24, 2.45) is 11.8 Å². The maximum atomic E-state index is 12.0. The number of nitrogens with one attached hydrogen (secondary N) is 1. The van der Waals surface area contributed by atoms with E-state index in [1.54, 1.807) is 0 Å². The van der Waals surface area contributed by atoms with Gasteiger partial charge in [0.1, 0.15) is 11.6 Å². The van der Waals surface area contributed by atoms with Crippen molar-refractivity contribution in [1.82, 2.24) is 25.0 Å². The number of hydrogen-bond acceptors (Lipinski definition) is 4. The smallest absolute Gasteiger partial charge is 0.223 e. The van der Waals surface area contributed by atoms with Gasteiger partial charge in [0.2, 0.25) is 5.91 Å². The molecule has 1 N–H and O–H groups in total. The molecule has 1 aromatic heterocycles. The van der Waals surface area contributed by atoms with Crippen molar-refractivity contribution in [3.8, 4) is 0 Å². The van der Waals surface area contributed by atoms with Crippen LogP contribution >= 0.6 is 0 Å². The SMILES string of the molecule is CC(C)=CCCC(C)CN1CCc2nnc(CCNC(=O)C3CCC3)n2CC1. The van der Waals surface area contributed by atoms with E-state index in [-0.39, 0.29) is 11.8 Å². The summed E-state index contributed by atoms with van der Waals surface area (Å²) in [5.74, 6) is 3.29. The second kappa shape index (κ2) is 10.2. The Balaban J connectivity index is 1.43. The Kier molecular flexibility index (Phi) is 7.65. The van der Waals surface area contributed by atoms with Gasteiger partial charge in [-0.25, -0.2) is 0 Å². The molecule has 1 amide bonds. The summed E-state index contributed by atoms with van der Waals surface area (Å²) in [7, 11) is 0. The summed E-state index contributed by atoms with van der Waals surface area (Å²) in [5.41, 5.74) is 1.41. The molecule has 3 rings (SSSR count). The van der Waals surface area contributed by atoms with Crippen LogP contribution in [0.5, 0.6) is 0 Å². The summed E-state index contributed by atoms with van der Waals surface area (Å²) in [4.78, 5) is 14.6. The highest BCUT2D eigenvalue weighted by Gasteiger charge is 2.25. The van der Waals surface area contributed by atoms with E-state index < -0.39 is 0 Å². The average Bonchev–Trinajstić information content (AvgIpc) is 2.86. The van der Waals surface area contributed by atoms with Crippen LogP contribution < -0.4 is 5.32 Å². The quantitative estimate of drug-likeness (QED) is 0.662. The molecule has 6 nitrogen and oxygen atoms in total. The molecule has 28 heavy (non-hydrogen) atoms. The first-order valence-electron chi connectivity index (χ1n) is 11.1. The van der Waals surface area contributed by atoms with Crippen molar-refractivity contribution in [2.75, 3.05) is 26.2 Å². The molecule has 2 heterocycles. The third kappa shape index (κ3) is 5.90. The Morgan fingerprint density at radius 2 is 2.07 bits per heavy atom. The third-order valence-electron chi connectivity index (χ3n) is 6.10. The highest BCUT2D eigenvalue weighted by molar-refractivity contribution is 5.79. The van der Waals surface area contributed by atoms with Crippen LogP contribution in [0.15, 0.2) is 11.6 Å². The zero-order valence-electron chi connectivity index (χ0n) is 17.9. The molecule has 2 aliphatic rings. The number of rotatable bonds is 9. The summed E-state index contributed by atoms with van der Waals surface area (Å²) >= 11 is 0. The fraction of sp³-hybridized carbons (Fsp3) is 0.773. The number of fused-ring (bicyclic) bond motifs is 1. The maximum Gasteiger partial charge on any atom is 0.223 e. The van der Waals surface area contributed by atoms with E-state index in [1.807, 2.05) is 0 Å². The van der Waals surface area contributed by atoms with Crippen molar-refractivity contribution >= 4 is 5.91 Å². The summed E-state index contributed by atoms with van der Waals surface area (Å²) in [6, 6.07) is 0. The molecule has 1 atom stereocenters. The van der Waals surface area contributed by atoms with E-state index in [0.29, 0.717) is 12.5 Å². The number of hydrogen-bond donors (Lipinski definition) is 1. The van der Waals surface area contributed by atoms with Gasteiger partial charge in [-0.2, -0.15) is 0 Å². The van der Waals surface area contributed by atoms with Crippen LogP contribution in [0.3, 0.4) is 0 Å². The molecule has 1 fully saturated rings.